The number of nitro benzene ring substituents is 1. The topological polar surface area (TPSA) is 102 Å². The normalized spacial score (nSPS) is 18.6. The second-order valence-electron chi connectivity index (χ2n) is 4.23. The lowest BCUT2D eigenvalue weighted by Gasteiger charge is -2.34. The first-order valence-electron chi connectivity index (χ1n) is 5.94. The van der Waals surface area contributed by atoms with E-state index in [0.29, 0.717) is 12.4 Å². The first kappa shape index (κ1) is 14.1. The van der Waals surface area contributed by atoms with Crippen LogP contribution in [0.5, 0.6) is 5.75 Å². The highest BCUT2D eigenvalue weighted by atomic mass is 16.6. The number of nitro groups is 1. The first-order chi connectivity index (χ1) is 9.54. The summed E-state index contributed by atoms with van der Waals surface area (Å²) in [5.74, 6) is -0.650. The van der Waals surface area contributed by atoms with E-state index in [4.69, 9.17) is 9.47 Å². The average Bonchev–Trinajstić information content (AvgIpc) is 2.46. The molecule has 0 radical (unpaired) electrons. The Morgan fingerprint density at radius 3 is 2.95 bits per heavy atom. The van der Waals surface area contributed by atoms with Crippen molar-refractivity contribution in [2.75, 3.05) is 31.8 Å². The number of nitrogens with zero attached hydrogens (tertiary/aromatic N) is 2. The summed E-state index contributed by atoms with van der Waals surface area (Å²) in [5, 5.41) is 20.3. The van der Waals surface area contributed by atoms with Gasteiger partial charge in [-0.25, -0.2) is 4.79 Å². The van der Waals surface area contributed by atoms with Crippen molar-refractivity contribution in [1.82, 2.24) is 0 Å². The zero-order chi connectivity index (χ0) is 14.7. The van der Waals surface area contributed by atoms with Gasteiger partial charge in [0.1, 0.15) is 11.4 Å². The largest absolute Gasteiger partial charge is 0.497 e. The maximum Gasteiger partial charge on any atom is 0.328 e. The Morgan fingerprint density at radius 1 is 1.60 bits per heavy atom. The van der Waals surface area contributed by atoms with Gasteiger partial charge in [0.25, 0.3) is 5.69 Å². The van der Waals surface area contributed by atoms with Crippen LogP contribution in [-0.4, -0.2) is 48.9 Å². The van der Waals surface area contributed by atoms with Gasteiger partial charge >= 0.3 is 5.97 Å². The Hall–Kier alpha value is -2.35. The molecule has 1 unspecified atom stereocenters. The second-order valence-corrected chi connectivity index (χ2v) is 4.23. The van der Waals surface area contributed by atoms with Crippen molar-refractivity contribution >= 4 is 17.3 Å². The van der Waals surface area contributed by atoms with E-state index in [1.165, 1.54) is 30.2 Å². The van der Waals surface area contributed by atoms with E-state index in [1.807, 2.05) is 0 Å². The van der Waals surface area contributed by atoms with Crippen LogP contribution in [0.2, 0.25) is 0 Å². The molecule has 2 rings (SSSR count). The van der Waals surface area contributed by atoms with Gasteiger partial charge in [-0.2, -0.15) is 0 Å². The highest BCUT2D eigenvalue weighted by Crippen LogP contribution is 2.34. The van der Waals surface area contributed by atoms with E-state index in [-0.39, 0.29) is 24.5 Å². The number of methoxy groups -OCH3 is 1. The summed E-state index contributed by atoms with van der Waals surface area (Å²) in [6.07, 6.45) is 0. The number of morpholine rings is 1. The lowest BCUT2D eigenvalue weighted by Crippen LogP contribution is -2.50. The van der Waals surface area contributed by atoms with Crippen LogP contribution in [0.3, 0.4) is 0 Å². The third kappa shape index (κ3) is 2.64. The predicted molar refractivity (Wildman–Crippen MR) is 69.2 cm³/mol. The van der Waals surface area contributed by atoms with Crippen LogP contribution < -0.4 is 9.64 Å². The fourth-order valence-electron chi connectivity index (χ4n) is 2.11. The molecule has 1 aliphatic heterocycles. The molecule has 1 atom stereocenters. The molecule has 1 aromatic rings. The van der Waals surface area contributed by atoms with E-state index in [1.54, 1.807) is 0 Å². The van der Waals surface area contributed by atoms with Gasteiger partial charge < -0.3 is 19.5 Å². The second kappa shape index (κ2) is 5.74. The summed E-state index contributed by atoms with van der Waals surface area (Å²) in [4.78, 5) is 23.3. The van der Waals surface area contributed by atoms with Gasteiger partial charge in [0.2, 0.25) is 0 Å². The molecule has 8 nitrogen and oxygen atoms in total. The van der Waals surface area contributed by atoms with Gasteiger partial charge in [0.05, 0.1) is 25.2 Å². The molecular weight excluding hydrogens is 268 g/mol. The number of benzene rings is 1. The van der Waals surface area contributed by atoms with Crippen LogP contribution in [0.15, 0.2) is 18.2 Å². The average molecular weight is 282 g/mol. The van der Waals surface area contributed by atoms with Gasteiger partial charge in [-0.3, -0.25) is 10.1 Å². The molecule has 1 saturated heterocycles. The van der Waals surface area contributed by atoms with Gasteiger partial charge in [-0.1, -0.05) is 0 Å². The summed E-state index contributed by atoms with van der Waals surface area (Å²) in [6, 6.07) is 3.30. The number of rotatable bonds is 4. The summed E-state index contributed by atoms with van der Waals surface area (Å²) >= 11 is 0. The van der Waals surface area contributed by atoms with Crippen molar-refractivity contribution in [3.8, 4) is 5.75 Å². The molecule has 8 heteroatoms. The molecule has 0 spiro atoms. The van der Waals surface area contributed by atoms with Gasteiger partial charge in [-0.15, -0.1) is 0 Å². The highest BCUT2D eigenvalue weighted by Gasteiger charge is 2.33. The minimum atomic E-state index is -1.08. The van der Waals surface area contributed by atoms with Crippen LogP contribution >= 0.6 is 0 Å². The molecule has 1 fully saturated rings. The molecule has 0 bridgehead atoms. The van der Waals surface area contributed by atoms with Crippen molar-refractivity contribution in [2.24, 2.45) is 0 Å². The van der Waals surface area contributed by atoms with Crippen LogP contribution in [0.4, 0.5) is 11.4 Å². The van der Waals surface area contributed by atoms with Crippen molar-refractivity contribution < 1.29 is 24.3 Å². The van der Waals surface area contributed by atoms with Crippen LogP contribution in [-0.2, 0) is 9.53 Å². The number of carboxylic acid groups (broad SMARTS) is 1. The maximum absolute atomic E-state index is 11.3. The fourth-order valence-corrected chi connectivity index (χ4v) is 2.11. The Labute approximate surface area is 114 Å². The molecule has 0 saturated carbocycles. The summed E-state index contributed by atoms with van der Waals surface area (Å²) in [5.41, 5.74) is 0.0731. The minimum Gasteiger partial charge on any atom is -0.497 e. The molecule has 0 aromatic heterocycles. The molecule has 108 valence electrons. The number of carbonyl (C=O) groups is 1. The van der Waals surface area contributed by atoms with E-state index < -0.39 is 16.9 Å². The van der Waals surface area contributed by atoms with Crippen LogP contribution in [0.1, 0.15) is 0 Å². The predicted octanol–water partition coefficient (Wildman–Crippen LogP) is 0.893. The highest BCUT2D eigenvalue weighted by molar-refractivity contribution is 5.81. The molecule has 1 heterocycles. The summed E-state index contributed by atoms with van der Waals surface area (Å²) in [6.45, 7) is 0.576. The fraction of sp³-hybridized carbons (Fsp3) is 0.417. The SMILES string of the molecule is COc1ccc([N+](=O)[O-])c(N2CCOCC2C(=O)O)c1. The monoisotopic (exact) mass is 282 g/mol. The Morgan fingerprint density at radius 2 is 2.35 bits per heavy atom. The number of anilines is 1. The Balaban J connectivity index is 2.47. The summed E-state index contributed by atoms with van der Waals surface area (Å²) < 4.78 is 10.2. The molecular formula is C12H14N2O6. The number of carboxylic acids is 1. The number of hydrogen-bond donors (Lipinski definition) is 1. The van der Waals surface area contributed by atoms with E-state index in [2.05, 4.69) is 0 Å². The zero-order valence-corrected chi connectivity index (χ0v) is 10.8. The lowest BCUT2D eigenvalue weighted by atomic mass is 10.1. The first-order valence-corrected chi connectivity index (χ1v) is 5.94. The maximum atomic E-state index is 11.3. The lowest BCUT2D eigenvalue weighted by molar-refractivity contribution is -0.384. The van der Waals surface area contributed by atoms with Crippen molar-refractivity contribution in [3.05, 3.63) is 28.3 Å². The molecule has 1 N–H and O–H groups in total. The molecule has 1 aromatic carbocycles. The molecule has 0 aliphatic carbocycles. The third-order valence-electron chi connectivity index (χ3n) is 3.10. The van der Waals surface area contributed by atoms with Crippen molar-refractivity contribution in [1.29, 1.82) is 0 Å². The van der Waals surface area contributed by atoms with Crippen molar-refractivity contribution in [3.63, 3.8) is 0 Å². The van der Waals surface area contributed by atoms with E-state index in [0.717, 1.165) is 0 Å². The molecule has 20 heavy (non-hydrogen) atoms. The number of ether oxygens (including phenoxy) is 2. The Kier molecular flexibility index (Phi) is 4.04. The van der Waals surface area contributed by atoms with Crippen molar-refractivity contribution in [2.45, 2.75) is 6.04 Å². The van der Waals surface area contributed by atoms with E-state index in [9.17, 15) is 20.0 Å². The molecule has 0 amide bonds. The van der Waals surface area contributed by atoms with Crippen LogP contribution in [0.25, 0.3) is 0 Å². The quantitative estimate of drug-likeness (QED) is 0.646. The van der Waals surface area contributed by atoms with Gasteiger partial charge in [-0.05, 0) is 6.07 Å². The zero-order valence-electron chi connectivity index (χ0n) is 10.8. The molecule has 1 aliphatic rings. The van der Waals surface area contributed by atoms with Gasteiger partial charge in [0, 0.05) is 18.7 Å². The van der Waals surface area contributed by atoms with Gasteiger partial charge in [0.15, 0.2) is 6.04 Å². The Bertz CT molecular complexity index is 533. The van der Waals surface area contributed by atoms with E-state index >= 15 is 0 Å². The van der Waals surface area contributed by atoms with Crippen LogP contribution in [0, 0.1) is 10.1 Å². The number of hydrogen-bond acceptors (Lipinski definition) is 6. The standard InChI is InChI=1S/C12H14N2O6/c1-19-8-2-3-9(14(17)18)10(6-8)13-4-5-20-7-11(13)12(15)16/h2-3,6,11H,4-5,7H2,1H3,(H,15,16). The minimum absolute atomic E-state index is 0.0102. The summed E-state index contributed by atoms with van der Waals surface area (Å²) in [7, 11) is 1.44. The third-order valence-corrected chi connectivity index (χ3v) is 3.10. The number of aliphatic carboxylic acids is 1. The smallest absolute Gasteiger partial charge is 0.328 e.